The summed E-state index contributed by atoms with van der Waals surface area (Å²) < 4.78 is 0. The molecule has 128 valence electrons. The van der Waals surface area contributed by atoms with Crippen molar-refractivity contribution in [2.45, 2.75) is 45.1 Å². The molecule has 2 aromatic rings. The summed E-state index contributed by atoms with van der Waals surface area (Å²) in [6.45, 7) is 6.15. The van der Waals surface area contributed by atoms with Crippen molar-refractivity contribution in [3.8, 4) is 0 Å². The number of carbonyl (C=O) groups excluding carboxylic acids is 1. The Morgan fingerprint density at radius 2 is 1.88 bits per heavy atom. The largest absolute Gasteiger partial charge is 0.372 e. The van der Waals surface area contributed by atoms with E-state index in [4.69, 9.17) is 0 Å². The Morgan fingerprint density at radius 3 is 2.50 bits per heavy atom. The Bertz CT molecular complexity index is 645. The summed E-state index contributed by atoms with van der Waals surface area (Å²) in [6.07, 6.45) is 7.33. The minimum atomic E-state index is -0.183. The van der Waals surface area contributed by atoms with Crippen LogP contribution in [0.15, 0.2) is 36.7 Å². The van der Waals surface area contributed by atoms with E-state index < -0.39 is 0 Å². The van der Waals surface area contributed by atoms with Gasteiger partial charge in [-0.3, -0.25) is 4.79 Å². The summed E-state index contributed by atoms with van der Waals surface area (Å²) in [5.41, 5.74) is 2.30. The van der Waals surface area contributed by atoms with Gasteiger partial charge in [0.15, 0.2) is 0 Å². The zero-order valence-corrected chi connectivity index (χ0v) is 14.5. The molecule has 1 saturated heterocycles. The van der Waals surface area contributed by atoms with E-state index in [0.717, 1.165) is 24.5 Å². The number of piperidine rings is 1. The van der Waals surface area contributed by atoms with E-state index in [1.807, 2.05) is 13.8 Å². The van der Waals surface area contributed by atoms with Crippen molar-refractivity contribution in [1.82, 2.24) is 15.3 Å². The van der Waals surface area contributed by atoms with Gasteiger partial charge in [0, 0.05) is 31.2 Å². The molecule has 1 fully saturated rings. The highest BCUT2D eigenvalue weighted by Crippen LogP contribution is 2.23. The second-order valence-corrected chi connectivity index (χ2v) is 6.57. The molecule has 0 radical (unpaired) electrons. The van der Waals surface area contributed by atoms with Crippen LogP contribution >= 0.6 is 0 Å². The zero-order valence-electron chi connectivity index (χ0n) is 14.5. The molecule has 24 heavy (non-hydrogen) atoms. The van der Waals surface area contributed by atoms with E-state index in [0.29, 0.717) is 0 Å². The van der Waals surface area contributed by atoms with E-state index >= 15 is 0 Å². The van der Waals surface area contributed by atoms with Gasteiger partial charge in [-0.15, -0.1) is 0 Å². The molecule has 2 atom stereocenters. The number of imidazole rings is 1. The topological polar surface area (TPSA) is 61.0 Å². The van der Waals surface area contributed by atoms with Gasteiger partial charge in [-0.1, -0.05) is 12.1 Å². The third-order valence-corrected chi connectivity index (χ3v) is 4.80. The first-order valence-electron chi connectivity index (χ1n) is 8.79. The molecule has 0 saturated carbocycles. The van der Waals surface area contributed by atoms with Crippen molar-refractivity contribution in [1.29, 1.82) is 0 Å². The van der Waals surface area contributed by atoms with E-state index in [2.05, 4.69) is 44.5 Å². The van der Waals surface area contributed by atoms with Crippen molar-refractivity contribution < 1.29 is 4.79 Å². The van der Waals surface area contributed by atoms with Gasteiger partial charge in [0.05, 0.1) is 12.0 Å². The molecule has 1 aromatic heterocycles. The van der Waals surface area contributed by atoms with Crippen LogP contribution in [0, 0.1) is 0 Å². The molecule has 0 spiro atoms. The first-order valence-corrected chi connectivity index (χ1v) is 8.79. The maximum atomic E-state index is 12.5. The summed E-state index contributed by atoms with van der Waals surface area (Å²) in [7, 11) is 0. The number of hydrogen-bond acceptors (Lipinski definition) is 3. The fourth-order valence-corrected chi connectivity index (χ4v) is 3.20. The molecule has 2 heterocycles. The first kappa shape index (κ1) is 16.6. The Kier molecular flexibility index (Phi) is 5.18. The van der Waals surface area contributed by atoms with Crippen molar-refractivity contribution >= 4 is 11.6 Å². The molecule has 1 aliphatic heterocycles. The van der Waals surface area contributed by atoms with Gasteiger partial charge in [0.1, 0.15) is 5.82 Å². The lowest BCUT2D eigenvalue weighted by molar-refractivity contribution is -0.122. The summed E-state index contributed by atoms with van der Waals surface area (Å²) in [5.74, 6) is 0.610. The standard InChI is InChI=1S/C19H26N4O/c1-14(19(24)22-15(2)18-20-10-11-21-18)16-6-8-17(9-7-16)23-12-4-3-5-13-23/h6-11,14-15H,3-5,12-13H2,1-2H3,(H,20,21)(H,22,24)/t14-,15?/m1/s1. The van der Waals surface area contributed by atoms with Gasteiger partial charge >= 0.3 is 0 Å². The van der Waals surface area contributed by atoms with Crippen molar-refractivity contribution in [3.63, 3.8) is 0 Å². The quantitative estimate of drug-likeness (QED) is 0.885. The number of aromatic amines is 1. The van der Waals surface area contributed by atoms with Crippen LogP contribution in [0.5, 0.6) is 0 Å². The number of nitrogens with one attached hydrogen (secondary N) is 2. The van der Waals surface area contributed by atoms with E-state index in [-0.39, 0.29) is 17.9 Å². The van der Waals surface area contributed by atoms with Crippen LogP contribution in [-0.4, -0.2) is 29.0 Å². The summed E-state index contributed by atoms with van der Waals surface area (Å²) in [4.78, 5) is 22.1. The highest BCUT2D eigenvalue weighted by Gasteiger charge is 2.19. The molecule has 1 aromatic carbocycles. The molecule has 0 aliphatic carbocycles. The molecule has 2 N–H and O–H groups in total. The highest BCUT2D eigenvalue weighted by molar-refractivity contribution is 5.83. The lowest BCUT2D eigenvalue weighted by atomic mass is 9.99. The third-order valence-electron chi connectivity index (χ3n) is 4.80. The molecule has 5 heteroatoms. The molecule has 0 bridgehead atoms. The molecular formula is C19H26N4O. The zero-order chi connectivity index (χ0) is 16.9. The summed E-state index contributed by atoms with van der Waals surface area (Å²) >= 11 is 0. The number of anilines is 1. The SMILES string of the molecule is CC(NC(=O)[C@H](C)c1ccc(N2CCCCC2)cc1)c1ncc[nH]1. The Labute approximate surface area is 143 Å². The number of nitrogens with zero attached hydrogens (tertiary/aromatic N) is 2. The van der Waals surface area contributed by atoms with E-state index in [1.165, 1.54) is 24.9 Å². The molecular weight excluding hydrogens is 300 g/mol. The molecule has 1 aliphatic rings. The van der Waals surface area contributed by atoms with Crippen molar-refractivity contribution in [2.75, 3.05) is 18.0 Å². The Hall–Kier alpha value is -2.30. The normalized spacial score (nSPS) is 17.3. The summed E-state index contributed by atoms with van der Waals surface area (Å²) in [6, 6.07) is 8.31. The maximum absolute atomic E-state index is 12.5. The number of hydrogen-bond donors (Lipinski definition) is 2. The van der Waals surface area contributed by atoms with Crippen LogP contribution in [0.25, 0.3) is 0 Å². The fourth-order valence-electron chi connectivity index (χ4n) is 3.20. The highest BCUT2D eigenvalue weighted by atomic mass is 16.1. The average molecular weight is 326 g/mol. The van der Waals surface area contributed by atoms with Gasteiger partial charge < -0.3 is 15.2 Å². The van der Waals surface area contributed by atoms with E-state index in [9.17, 15) is 4.79 Å². The summed E-state index contributed by atoms with van der Waals surface area (Å²) in [5, 5.41) is 3.02. The lowest BCUT2D eigenvalue weighted by Gasteiger charge is -2.29. The third kappa shape index (κ3) is 3.78. The van der Waals surface area contributed by atoms with E-state index in [1.54, 1.807) is 12.4 Å². The molecule has 1 amide bonds. The second-order valence-electron chi connectivity index (χ2n) is 6.57. The van der Waals surface area contributed by atoms with Gasteiger partial charge in [0.25, 0.3) is 0 Å². The minimum absolute atomic E-state index is 0.0182. The minimum Gasteiger partial charge on any atom is -0.372 e. The van der Waals surface area contributed by atoms with Crippen molar-refractivity contribution in [2.24, 2.45) is 0 Å². The maximum Gasteiger partial charge on any atom is 0.227 e. The average Bonchev–Trinajstić information content (AvgIpc) is 3.17. The smallest absolute Gasteiger partial charge is 0.227 e. The number of amides is 1. The van der Waals surface area contributed by atoms with Gasteiger partial charge in [-0.05, 0) is 50.8 Å². The first-order chi connectivity index (χ1) is 11.6. The molecule has 5 nitrogen and oxygen atoms in total. The lowest BCUT2D eigenvalue weighted by Crippen LogP contribution is -2.31. The van der Waals surface area contributed by atoms with Gasteiger partial charge in [-0.25, -0.2) is 4.98 Å². The van der Waals surface area contributed by atoms with Crippen LogP contribution in [-0.2, 0) is 4.79 Å². The van der Waals surface area contributed by atoms with Crippen LogP contribution in [0.1, 0.15) is 56.5 Å². The number of rotatable bonds is 5. The van der Waals surface area contributed by atoms with Crippen molar-refractivity contribution in [3.05, 3.63) is 48.0 Å². The van der Waals surface area contributed by atoms with Crippen LogP contribution in [0.2, 0.25) is 0 Å². The number of carbonyl (C=O) groups is 1. The Balaban J connectivity index is 1.61. The molecule has 1 unspecified atom stereocenters. The molecule has 3 rings (SSSR count). The van der Waals surface area contributed by atoms with Crippen LogP contribution < -0.4 is 10.2 Å². The number of aromatic nitrogens is 2. The number of H-pyrrole nitrogens is 1. The predicted molar refractivity (Wildman–Crippen MR) is 96.1 cm³/mol. The van der Waals surface area contributed by atoms with Crippen LogP contribution in [0.3, 0.4) is 0 Å². The van der Waals surface area contributed by atoms with Crippen LogP contribution in [0.4, 0.5) is 5.69 Å². The second kappa shape index (κ2) is 7.51. The monoisotopic (exact) mass is 326 g/mol. The Morgan fingerprint density at radius 1 is 1.17 bits per heavy atom. The van der Waals surface area contributed by atoms with Gasteiger partial charge in [-0.2, -0.15) is 0 Å². The van der Waals surface area contributed by atoms with Gasteiger partial charge in [0.2, 0.25) is 5.91 Å². The predicted octanol–water partition coefficient (Wildman–Crippen LogP) is 3.38. The number of benzene rings is 1. The fraction of sp³-hybridized carbons (Fsp3) is 0.474.